The molecule has 25 heavy (non-hydrogen) atoms. The number of benzene rings is 1. The van der Waals surface area contributed by atoms with E-state index in [1.165, 1.54) is 6.33 Å². The quantitative estimate of drug-likeness (QED) is 0.651. The summed E-state index contributed by atoms with van der Waals surface area (Å²) in [4.78, 5) is 12.2. The summed E-state index contributed by atoms with van der Waals surface area (Å²) >= 11 is 6.00. The number of ether oxygens (including phenoxy) is 2. The predicted octanol–water partition coefficient (Wildman–Crippen LogP) is 3.32. The van der Waals surface area contributed by atoms with E-state index >= 15 is 0 Å². The molecule has 3 aromatic rings. The normalized spacial score (nSPS) is 23.4. The Morgan fingerprint density at radius 3 is 2.92 bits per heavy atom. The first-order chi connectivity index (χ1) is 12.2. The molecule has 1 saturated heterocycles. The van der Waals surface area contributed by atoms with Gasteiger partial charge in [-0.3, -0.25) is 4.57 Å². The van der Waals surface area contributed by atoms with E-state index < -0.39 is 18.5 Å². The first kappa shape index (κ1) is 16.4. The van der Waals surface area contributed by atoms with Crippen molar-refractivity contribution in [2.75, 3.05) is 6.61 Å². The van der Waals surface area contributed by atoms with E-state index in [4.69, 9.17) is 21.1 Å². The zero-order chi connectivity index (χ0) is 17.2. The van der Waals surface area contributed by atoms with Crippen molar-refractivity contribution in [1.29, 1.82) is 0 Å². The van der Waals surface area contributed by atoms with Crippen molar-refractivity contribution >= 4 is 22.8 Å². The Labute approximate surface area is 148 Å². The smallest absolute Gasteiger partial charge is 0.166 e. The second-order valence-electron chi connectivity index (χ2n) is 5.87. The lowest BCUT2D eigenvalue weighted by Gasteiger charge is -2.15. The lowest BCUT2D eigenvalue weighted by atomic mass is 10.2. The highest BCUT2D eigenvalue weighted by molar-refractivity contribution is 6.33. The highest BCUT2D eigenvalue weighted by Crippen LogP contribution is 2.33. The fourth-order valence-electron chi connectivity index (χ4n) is 2.91. The summed E-state index contributed by atoms with van der Waals surface area (Å²) in [6, 6.07) is 9.75. The van der Waals surface area contributed by atoms with Gasteiger partial charge in [0.05, 0.1) is 19.5 Å². The zero-order valence-corrected chi connectivity index (χ0v) is 14.0. The molecule has 0 radical (unpaired) electrons. The molecule has 1 fully saturated rings. The Hall–Kier alpha value is -2.09. The molecule has 130 valence electrons. The molecule has 0 bridgehead atoms. The van der Waals surface area contributed by atoms with Crippen LogP contribution in [0.3, 0.4) is 0 Å². The van der Waals surface area contributed by atoms with Crippen molar-refractivity contribution in [3.63, 3.8) is 0 Å². The molecule has 0 amide bonds. The van der Waals surface area contributed by atoms with Crippen molar-refractivity contribution in [2.24, 2.45) is 0 Å². The molecule has 0 spiro atoms. The third-order valence-corrected chi connectivity index (χ3v) is 4.46. The maximum Gasteiger partial charge on any atom is 0.166 e. The van der Waals surface area contributed by atoms with Gasteiger partial charge in [-0.1, -0.05) is 41.9 Å². The van der Waals surface area contributed by atoms with E-state index in [9.17, 15) is 4.39 Å². The SMILES string of the molecule is F[C@H]1C[C@@H](n2cnc3c(Cl)ncnc32)O[C@@H]1COCc1ccccc1. The van der Waals surface area contributed by atoms with Gasteiger partial charge in [-0.15, -0.1) is 0 Å². The molecule has 2 aromatic heterocycles. The average Bonchev–Trinajstić information content (AvgIpc) is 3.21. The summed E-state index contributed by atoms with van der Waals surface area (Å²) in [5.74, 6) is 0. The van der Waals surface area contributed by atoms with E-state index in [1.807, 2.05) is 30.3 Å². The summed E-state index contributed by atoms with van der Waals surface area (Å²) < 4.78 is 27.5. The molecule has 4 rings (SSSR count). The van der Waals surface area contributed by atoms with Crippen LogP contribution in [-0.4, -0.2) is 38.4 Å². The maximum atomic E-state index is 14.3. The molecule has 0 aliphatic carbocycles. The number of aromatic nitrogens is 4. The highest BCUT2D eigenvalue weighted by atomic mass is 35.5. The van der Waals surface area contributed by atoms with Gasteiger partial charge in [-0.05, 0) is 5.56 Å². The molecule has 0 saturated carbocycles. The van der Waals surface area contributed by atoms with Crippen LogP contribution in [-0.2, 0) is 16.1 Å². The van der Waals surface area contributed by atoms with E-state index in [0.717, 1.165) is 5.56 Å². The van der Waals surface area contributed by atoms with E-state index in [2.05, 4.69) is 15.0 Å². The molecule has 1 aromatic carbocycles. The second-order valence-corrected chi connectivity index (χ2v) is 6.23. The number of hydrogen-bond acceptors (Lipinski definition) is 5. The Morgan fingerprint density at radius 1 is 1.24 bits per heavy atom. The van der Waals surface area contributed by atoms with Crippen LogP contribution in [0, 0.1) is 0 Å². The molecule has 1 aliphatic heterocycles. The molecule has 3 atom stereocenters. The molecule has 1 aliphatic rings. The van der Waals surface area contributed by atoms with Crippen LogP contribution in [0.4, 0.5) is 4.39 Å². The minimum atomic E-state index is -1.12. The van der Waals surface area contributed by atoms with Gasteiger partial charge in [0.1, 0.15) is 30.3 Å². The Morgan fingerprint density at radius 2 is 2.08 bits per heavy atom. The maximum absolute atomic E-state index is 14.3. The minimum Gasteiger partial charge on any atom is -0.374 e. The molecular formula is C17H16ClFN4O2. The Balaban J connectivity index is 1.41. The third kappa shape index (κ3) is 3.35. The summed E-state index contributed by atoms with van der Waals surface area (Å²) in [5.41, 5.74) is 2.05. The van der Waals surface area contributed by atoms with E-state index in [0.29, 0.717) is 17.8 Å². The first-order valence-electron chi connectivity index (χ1n) is 7.96. The van der Waals surface area contributed by atoms with E-state index in [-0.39, 0.29) is 18.2 Å². The van der Waals surface area contributed by atoms with Gasteiger partial charge >= 0.3 is 0 Å². The van der Waals surface area contributed by atoms with Crippen LogP contribution in [0.1, 0.15) is 18.2 Å². The molecular weight excluding hydrogens is 347 g/mol. The first-order valence-corrected chi connectivity index (χ1v) is 8.34. The molecule has 8 heteroatoms. The largest absolute Gasteiger partial charge is 0.374 e. The van der Waals surface area contributed by atoms with Crippen LogP contribution in [0.25, 0.3) is 11.2 Å². The topological polar surface area (TPSA) is 62.1 Å². The highest BCUT2D eigenvalue weighted by Gasteiger charge is 2.37. The van der Waals surface area contributed by atoms with Crippen LogP contribution < -0.4 is 0 Å². The average molecular weight is 363 g/mol. The number of imidazole rings is 1. The van der Waals surface area contributed by atoms with Crippen molar-refractivity contribution in [3.05, 3.63) is 53.7 Å². The number of alkyl halides is 1. The summed E-state index contributed by atoms with van der Waals surface area (Å²) in [5, 5.41) is 0.265. The number of hydrogen-bond donors (Lipinski definition) is 0. The standard InChI is InChI=1S/C17H16ClFN4O2/c18-16-15-17(21-9-20-16)23(10-22-15)14-6-12(19)13(25-14)8-24-7-11-4-2-1-3-5-11/h1-5,9-10,12-14H,6-8H2/t12-,13+,14-/m0/s1. The van der Waals surface area contributed by atoms with Crippen molar-refractivity contribution < 1.29 is 13.9 Å². The summed E-state index contributed by atoms with van der Waals surface area (Å²) in [6.45, 7) is 0.615. The molecule has 0 N–H and O–H groups in total. The van der Waals surface area contributed by atoms with Crippen LogP contribution >= 0.6 is 11.6 Å². The summed E-state index contributed by atoms with van der Waals surface area (Å²) in [7, 11) is 0. The number of nitrogens with zero attached hydrogens (tertiary/aromatic N) is 4. The monoisotopic (exact) mass is 362 g/mol. The van der Waals surface area contributed by atoms with Crippen LogP contribution in [0.5, 0.6) is 0 Å². The molecule has 0 unspecified atom stereocenters. The van der Waals surface area contributed by atoms with Gasteiger partial charge in [0.15, 0.2) is 10.8 Å². The lowest BCUT2D eigenvalue weighted by Crippen LogP contribution is -2.23. The van der Waals surface area contributed by atoms with Crippen molar-refractivity contribution in [1.82, 2.24) is 19.5 Å². The predicted molar refractivity (Wildman–Crippen MR) is 89.9 cm³/mol. The van der Waals surface area contributed by atoms with Gasteiger partial charge in [0.2, 0.25) is 0 Å². The Bertz CT molecular complexity index is 860. The molecule has 6 nitrogen and oxygen atoms in total. The number of rotatable bonds is 5. The van der Waals surface area contributed by atoms with Crippen molar-refractivity contribution in [2.45, 2.75) is 31.5 Å². The zero-order valence-electron chi connectivity index (χ0n) is 13.3. The van der Waals surface area contributed by atoms with E-state index in [1.54, 1.807) is 10.9 Å². The van der Waals surface area contributed by atoms with Gasteiger partial charge in [-0.2, -0.15) is 0 Å². The van der Waals surface area contributed by atoms with Gasteiger partial charge in [0.25, 0.3) is 0 Å². The minimum absolute atomic E-state index is 0.189. The fraction of sp³-hybridized carbons (Fsp3) is 0.353. The fourth-order valence-corrected chi connectivity index (χ4v) is 3.09. The number of fused-ring (bicyclic) bond motifs is 1. The van der Waals surface area contributed by atoms with Crippen molar-refractivity contribution in [3.8, 4) is 0 Å². The third-order valence-electron chi connectivity index (χ3n) is 4.18. The summed E-state index contributed by atoms with van der Waals surface area (Å²) in [6.07, 6.45) is 0.892. The lowest BCUT2D eigenvalue weighted by molar-refractivity contribution is -0.0548. The van der Waals surface area contributed by atoms with Gasteiger partial charge in [0, 0.05) is 6.42 Å². The molecule has 3 heterocycles. The van der Waals surface area contributed by atoms with Crippen LogP contribution in [0.15, 0.2) is 43.0 Å². The Kier molecular flexibility index (Phi) is 4.61. The van der Waals surface area contributed by atoms with Crippen LogP contribution in [0.2, 0.25) is 5.15 Å². The number of halogens is 2. The second kappa shape index (κ2) is 7.03. The van der Waals surface area contributed by atoms with Gasteiger partial charge in [-0.25, -0.2) is 19.3 Å². The van der Waals surface area contributed by atoms with Gasteiger partial charge < -0.3 is 9.47 Å².